The predicted octanol–water partition coefficient (Wildman–Crippen LogP) is 3.64. The summed E-state index contributed by atoms with van der Waals surface area (Å²) in [5.41, 5.74) is 5.24. The van der Waals surface area contributed by atoms with Crippen molar-refractivity contribution >= 4 is 0 Å². The minimum absolute atomic E-state index is 0.193. The highest BCUT2D eigenvalue weighted by molar-refractivity contribution is 5.37. The predicted molar refractivity (Wildman–Crippen MR) is 81.1 cm³/mol. The highest BCUT2D eigenvalue weighted by atomic mass is 16.5. The largest absolute Gasteiger partial charge is 0.496 e. The molecule has 0 saturated heterocycles. The summed E-state index contributed by atoms with van der Waals surface area (Å²) in [6, 6.07) is 6.46. The molecule has 0 aliphatic carbocycles. The lowest BCUT2D eigenvalue weighted by molar-refractivity contribution is 0.408. The summed E-state index contributed by atoms with van der Waals surface area (Å²) >= 11 is 0. The van der Waals surface area contributed by atoms with E-state index in [2.05, 4.69) is 30.2 Å². The van der Waals surface area contributed by atoms with Crippen LogP contribution < -0.4 is 16.0 Å². The first-order chi connectivity index (χ1) is 9.22. The number of allylic oxidation sites excluding steroid dienone is 1. The van der Waals surface area contributed by atoms with Gasteiger partial charge in [0.15, 0.2) is 0 Å². The lowest BCUT2D eigenvalue weighted by atomic mass is 9.99. The van der Waals surface area contributed by atoms with Crippen molar-refractivity contribution in [1.82, 2.24) is 5.43 Å². The Bertz CT molecular complexity index is 390. The van der Waals surface area contributed by atoms with Crippen molar-refractivity contribution in [3.8, 4) is 5.75 Å². The van der Waals surface area contributed by atoms with Gasteiger partial charge in [-0.15, -0.1) is 6.58 Å². The summed E-state index contributed by atoms with van der Waals surface area (Å²) in [7, 11) is 1.70. The lowest BCUT2D eigenvalue weighted by Gasteiger charge is -2.17. The molecule has 0 aromatic heterocycles. The summed E-state index contributed by atoms with van der Waals surface area (Å²) < 4.78 is 5.36. The highest BCUT2D eigenvalue weighted by Gasteiger charge is 2.11. The average molecular weight is 262 g/mol. The average Bonchev–Trinajstić information content (AvgIpc) is 2.44. The fraction of sp³-hybridized carbons (Fsp3) is 0.500. The van der Waals surface area contributed by atoms with E-state index in [0.717, 1.165) is 24.2 Å². The zero-order valence-electron chi connectivity index (χ0n) is 12.1. The highest BCUT2D eigenvalue weighted by Crippen LogP contribution is 2.25. The molecule has 19 heavy (non-hydrogen) atoms. The van der Waals surface area contributed by atoms with Crippen LogP contribution >= 0.6 is 0 Å². The van der Waals surface area contributed by atoms with E-state index in [9.17, 15) is 0 Å². The van der Waals surface area contributed by atoms with Crippen LogP contribution in [0.4, 0.5) is 0 Å². The van der Waals surface area contributed by atoms with Crippen LogP contribution in [0.15, 0.2) is 30.9 Å². The summed E-state index contributed by atoms with van der Waals surface area (Å²) in [5, 5.41) is 0. The maximum atomic E-state index is 5.67. The van der Waals surface area contributed by atoms with Crippen molar-refractivity contribution < 1.29 is 4.74 Å². The molecule has 0 aliphatic heterocycles. The number of hydrogen-bond donors (Lipinski definition) is 2. The Labute approximate surface area is 116 Å². The molecule has 3 heteroatoms. The van der Waals surface area contributed by atoms with Crippen molar-refractivity contribution in [3.63, 3.8) is 0 Å². The quantitative estimate of drug-likeness (QED) is 0.309. The second kappa shape index (κ2) is 8.73. The smallest absolute Gasteiger partial charge is 0.122 e. The second-order valence-corrected chi connectivity index (χ2v) is 4.87. The van der Waals surface area contributed by atoms with Crippen LogP contribution in [-0.2, 0) is 0 Å². The minimum atomic E-state index is 0.193. The lowest BCUT2D eigenvalue weighted by Crippen LogP contribution is -2.28. The number of nitrogens with one attached hydrogen (secondary N) is 1. The molecule has 1 unspecified atom stereocenters. The third-order valence-electron chi connectivity index (χ3n) is 3.44. The van der Waals surface area contributed by atoms with E-state index >= 15 is 0 Å². The molecule has 0 heterocycles. The first-order valence-electron chi connectivity index (χ1n) is 6.94. The van der Waals surface area contributed by atoms with Crippen molar-refractivity contribution in [1.29, 1.82) is 0 Å². The van der Waals surface area contributed by atoms with Gasteiger partial charge in [0, 0.05) is 6.04 Å². The zero-order chi connectivity index (χ0) is 14.1. The van der Waals surface area contributed by atoms with Gasteiger partial charge >= 0.3 is 0 Å². The third-order valence-corrected chi connectivity index (χ3v) is 3.44. The number of hydrogen-bond acceptors (Lipinski definition) is 3. The van der Waals surface area contributed by atoms with Crippen molar-refractivity contribution in [2.45, 2.75) is 45.1 Å². The van der Waals surface area contributed by atoms with Gasteiger partial charge < -0.3 is 4.74 Å². The molecule has 0 bridgehead atoms. The van der Waals surface area contributed by atoms with E-state index in [4.69, 9.17) is 10.6 Å². The Kier molecular flexibility index (Phi) is 7.23. The Morgan fingerprint density at radius 3 is 2.79 bits per heavy atom. The fourth-order valence-electron chi connectivity index (χ4n) is 2.21. The molecule has 106 valence electrons. The normalized spacial score (nSPS) is 12.2. The maximum Gasteiger partial charge on any atom is 0.122 e. The SMILES string of the molecule is C=CCCCCCC(NN)c1ccc(C)c(OC)c1. The van der Waals surface area contributed by atoms with Crippen LogP contribution in [-0.4, -0.2) is 7.11 Å². The van der Waals surface area contributed by atoms with Crippen LogP contribution in [0.1, 0.15) is 49.3 Å². The summed E-state index contributed by atoms with van der Waals surface area (Å²) in [6.45, 7) is 5.78. The van der Waals surface area contributed by atoms with Gasteiger partial charge in [0.05, 0.1) is 7.11 Å². The molecule has 1 rings (SSSR count). The molecule has 0 fully saturated rings. The molecule has 0 amide bonds. The van der Waals surface area contributed by atoms with Crippen LogP contribution in [0.25, 0.3) is 0 Å². The van der Waals surface area contributed by atoms with Gasteiger partial charge in [0.25, 0.3) is 0 Å². The molecule has 0 aliphatic rings. The number of nitrogens with two attached hydrogens (primary N) is 1. The number of rotatable bonds is 9. The molecule has 1 aromatic rings. The Balaban J connectivity index is 2.56. The minimum Gasteiger partial charge on any atom is -0.496 e. The number of aryl methyl sites for hydroxylation is 1. The standard InChI is InChI=1S/C16H26N2O/c1-4-5-6-7-8-9-15(18-17)14-11-10-13(2)16(12-14)19-3/h4,10-12,15,18H,1,5-9,17H2,2-3H3. The second-order valence-electron chi connectivity index (χ2n) is 4.87. The molecule has 1 atom stereocenters. The molecule has 0 radical (unpaired) electrons. The zero-order valence-corrected chi connectivity index (χ0v) is 12.1. The molecular weight excluding hydrogens is 236 g/mol. The van der Waals surface area contributed by atoms with Gasteiger partial charge in [-0.25, -0.2) is 0 Å². The van der Waals surface area contributed by atoms with E-state index in [1.54, 1.807) is 7.11 Å². The summed E-state index contributed by atoms with van der Waals surface area (Å²) in [4.78, 5) is 0. The molecule has 3 nitrogen and oxygen atoms in total. The molecular formula is C16H26N2O. The fourth-order valence-corrected chi connectivity index (χ4v) is 2.21. The van der Waals surface area contributed by atoms with Crippen molar-refractivity contribution in [2.24, 2.45) is 5.84 Å². The van der Waals surface area contributed by atoms with Crippen LogP contribution in [0.2, 0.25) is 0 Å². The number of unbranched alkanes of at least 4 members (excludes halogenated alkanes) is 3. The number of methoxy groups -OCH3 is 1. The first-order valence-corrected chi connectivity index (χ1v) is 6.94. The Morgan fingerprint density at radius 1 is 1.37 bits per heavy atom. The monoisotopic (exact) mass is 262 g/mol. The first kappa shape index (κ1) is 15.7. The van der Waals surface area contributed by atoms with Gasteiger partial charge in [0.2, 0.25) is 0 Å². The third kappa shape index (κ3) is 5.05. The number of hydrazine groups is 1. The van der Waals surface area contributed by atoms with Crippen molar-refractivity contribution in [2.75, 3.05) is 7.11 Å². The van der Waals surface area contributed by atoms with Crippen LogP contribution in [0.3, 0.4) is 0 Å². The van der Waals surface area contributed by atoms with Gasteiger partial charge in [0.1, 0.15) is 5.75 Å². The maximum absolute atomic E-state index is 5.67. The van der Waals surface area contributed by atoms with Crippen LogP contribution in [0, 0.1) is 6.92 Å². The Hall–Kier alpha value is -1.32. The van der Waals surface area contributed by atoms with Crippen LogP contribution in [0.5, 0.6) is 5.75 Å². The Morgan fingerprint density at radius 2 is 2.16 bits per heavy atom. The molecule has 3 N–H and O–H groups in total. The molecule has 1 aromatic carbocycles. The molecule has 0 spiro atoms. The van der Waals surface area contributed by atoms with Crippen molar-refractivity contribution in [3.05, 3.63) is 42.0 Å². The molecule has 0 saturated carbocycles. The number of ether oxygens (including phenoxy) is 1. The van der Waals surface area contributed by atoms with E-state index < -0.39 is 0 Å². The van der Waals surface area contributed by atoms with Gasteiger partial charge in [-0.1, -0.05) is 31.1 Å². The van der Waals surface area contributed by atoms with E-state index in [-0.39, 0.29) is 6.04 Å². The topological polar surface area (TPSA) is 47.3 Å². The van der Waals surface area contributed by atoms with E-state index in [0.29, 0.717) is 0 Å². The van der Waals surface area contributed by atoms with Gasteiger partial charge in [-0.05, 0) is 43.4 Å². The number of benzene rings is 1. The summed E-state index contributed by atoms with van der Waals surface area (Å²) in [5.74, 6) is 6.59. The van der Waals surface area contributed by atoms with E-state index in [1.165, 1.54) is 24.8 Å². The van der Waals surface area contributed by atoms with E-state index in [1.807, 2.05) is 13.0 Å². The van der Waals surface area contributed by atoms with Gasteiger partial charge in [-0.2, -0.15) is 0 Å². The summed E-state index contributed by atoms with van der Waals surface area (Å²) in [6.07, 6.45) is 7.70. The van der Waals surface area contributed by atoms with Gasteiger partial charge in [-0.3, -0.25) is 11.3 Å².